The largest absolute Gasteiger partial charge is 0.465 e. The van der Waals surface area contributed by atoms with Crippen molar-refractivity contribution in [3.8, 4) is 0 Å². The van der Waals surface area contributed by atoms with Gasteiger partial charge in [-0.05, 0) is 69.2 Å². The van der Waals surface area contributed by atoms with E-state index in [-0.39, 0.29) is 26.1 Å². The number of fused-ring (bicyclic) bond motifs is 1. The molecule has 0 spiro atoms. The molecule has 2 saturated heterocycles. The number of carbonyl (C=O) groups is 4. The number of carboxylic acid groups (broad SMARTS) is 1. The molecule has 254 valence electrons. The van der Waals surface area contributed by atoms with Crippen molar-refractivity contribution in [3.05, 3.63) is 80.7 Å². The fourth-order valence-electron chi connectivity index (χ4n) is 6.63. The zero-order valence-corrected chi connectivity index (χ0v) is 28.2. The Morgan fingerprint density at radius 3 is 2.42 bits per heavy atom. The van der Waals surface area contributed by atoms with Gasteiger partial charge in [-0.2, -0.15) is 0 Å². The molecule has 2 amide bonds. The highest BCUT2D eigenvalue weighted by Crippen LogP contribution is 2.41. The van der Waals surface area contributed by atoms with E-state index in [1.54, 1.807) is 48.5 Å². The summed E-state index contributed by atoms with van der Waals surface area (Å²) in [6.07, 6.45) is 0.104. The maximum absolute atomic E-state index is 14.1. The number of amides is 2. The van der Waals surface area contributed by atoms with E-state index < -0.39 is 66.2 Å². The highest BCUT2D eigenvalue weighted by molar-refractivity contribution is 6.45. The van der Waals surface area contributed by atoms with Crippen molar-refractivity contribution in [1.29, 1.82) is 0 Å². The lowest BCUT2D eigenvalue weighted by molar-refractivity contribution is -0.150. The molecule has 15 heteroatoms. The Balaban J connectivity index is 1.39. The zero-order valence-electron chi connectivity index (χ0n) is 27.4. The normalized spacial score (nSPS) is 24.1. The molecule has 13 nitrogen and oxygen atoms in total. The molecule has 0 radical (unpaired) electrons. The molecule has 0 aliphatic carbocycles. The Labute approximate surface area is 284 Å². The highest BCUT2D eigenvalue weighted by Gasteiger charge is 2.56. The van der Waals surface area contributed by atoms with E-state index in [1.165, 1.54) is 4.90 Å². The van der Waals surface area contributed by atoms with Crippen molar-refractivity contribution in [2.45, 2.75) is 82.6 Å². The molecule has 1 N–H and O–H groups in total. The molecule has 2 aromatic rings. The third-order valence-electron chi connectivity index (χ3n) is 9.99. The molecule has 2 fully saturated rings. The van der Waals surface area contributed by atoms with Crippen LogP contribution in [0.5, 0.6) is 0 Å². The van der Waals surface area contributed by atoms with E-state index in [9.17, 15) is 29.8 Å². The highest BCUT2D eigenvalue weighted by atomic mass is 35.5. The molecule has 3 atom stereocenters. The van der Waals surface area contributed by atoms with Crippen molar-refractivity contribution in [3.63, 3.8) is 0 Å². The second-order valence-electron chi connectivity index (χ2n) is 13.6. The van der Waals surface area contributed by atoms with Gasteiger partial charge in [-0.25, -0.2) is 4.79 Å². The molecule has 48 heavy (non-hydrogen) atoms. The van der Waals surface area contributed by atoms with Gasteiger partial charge in [-0.1, -0.05) is 59.5 Å². The molecule has 2 aromatic carbocycles. The standard InChI is InChI=1S/C33H39BClN5O8/c1-31(2)32(3,4)48-34(47-31)14-8-11-24-18-39(28(42)26-16-22-12-13-25(35)15-23(22)17-40(26)30(44)45)20-33(24,37-38-36)29(43)46-19-27(41)21-9-6-5-7-10-21/h5-7,9-10,12-13,15,24,26H,8,11,14,16-20H2,1-4H3,(H,44,45)/t24-,26?,33-/m0/s1. The minimum atomic E-state index is -1.86. The van der Waals surface area contributed by atoms with Crippen molar-refractivity contribution >= 4 is 42.5 Å². The van der Waals surface area contributed by atoms with E-state index >= 15 is 0 Å². The van der Waals surface area contributed by atoms with E-state index in [4.69, 9.17) is 25.6 Å². The lowest BCUT2D eigenvalue weighted by atomic mass is 9.78. The maximum atomic E-state index is 14.1. The van der Waals surface area contributed by atoms with Crippen LogP contribution in [0.4, 0.5) is 4.79 Å². The maximum Gasteiger partial charge on any atom is 0.457 e. The first kappa shape index (κ1) is 35.2. The second kappa shape index (κ2) is 13.8. The summed E-state index contributed by atoms with van der Waals surface area (Å²) in [4.78, 5) is 58.5. The predicted octanol–water partition coefficient (Wildman–Crippen LogP) is 5.55. The Morgan fingerprint density at radius 1 is 1.08 bits per heavy atom. The molecule has 0 saturated carbocycles. The summed E-state index contributed by atoms with van der Waals surface area (Å²) < 4.78 is 17.7. The molecule has 3 aliphatic heterocycles. The van der Waals surface area contributed by atoms with Gasteiger partial charge < -0.3 is 24.1 Å². The van der Waals surface area contributed by atoms with Crippen molar-refractivity contribution in [2.75, 3.05) is 19.7 Å². The summed E-state index contributed by atoms with van der Waals surface area (Å²) in [6, 6.07) is 12.4. The monoisotopic (exact) mass is 679 g/mol. The van der Waals surface area contributed by atoms with Crippen LogP contribution >= 0.6 is 11.6 Å². The molecule has 3 aliphatic rings. The number of ether oxygens (including phenoxy) is 1. The van der Waals surface area contributed by atoms with E-state index in [2.05, 4.69) is 10.0 Å². The smallest absolute Gasteiger partial charge is 0.457 e. The number of rotatable bonds is 10. The van der Waals surface area contributed by atoms with E-state index in [0.29, 0.717) is 35.3 Å². The van der Waals surface area contributed by atoms with Crippen LogP contribution in [-0.2, 0) is 36.6 Å². The quantitative estimate of drug-likeness (QED) is 0.0850. The van der Waals surface area contributed by atoms with Crippen molar-refractivity contribution in [2.24, 2.45) is 11.0 Å². The topological polar surface area (TPSA) is 171 Å². The van der Waals surface area contributed by atoms with Gasteiger partial charge in [-0.3, -0.25) is 19.3 Å². The summed E-state index contributed by atoms with van der Waals surface area (Å²) in [5.41, 5.74) is 8.61. The number of nitrogens with zero attached hydrogens (tertiary/aromatic N) is 5. The summed E-state index contributed by atoms with van der Waals surface area (Å²) in [6.45, 7) is 6.83. The van der Waals surface area contributed by atoms with Crippen LogP contribution < -0.4 is 0 Å². The summed E-state index contributed by atoms with van der Waals surface area (Å²) in [5, 5.41) is 14.5. The number of hydrogen-bond donors (Lipinski definition) is 1. The Kier molecular flexibility index (Phi) is 10.1. The Morgan fingerprint density at radius 2 is 1.77 bits per heavy atom. The summed E-state index contributed by atoms with van der Waals surface area (Å²) in [7, 11) is -0.501. The average Bonchev–Trinajstić information content (AvgIpc) is 3.51. The third-order valence-corrected chi connectivity index (χ3v) is 10.2. The number of hydrogen-bond acceptors (Lipinski definition) is 8. The predicted molar refractivity (Wildman–Crippen MR) is 176 cm³/mol. The van der Waals surface area contributed by atoms with Gasteiger partial charge in [0.1, 0.15) is 6.04 Å². The van der Waals surface area contributed by atoms with Gasteiger partial charge in [0.05, 0.1) is 17.7 Å². The van der Waals surface area contributed by atoms with Crippen LogP contribution in [0.2, 0.25) is 11.3 Å². The third kappa shape index (κ3) is 7.02. The number of benzene rings is 2. The summed E-state index contributed by atoms with van der Waals surface area (Å²) >= 11 is 6.14. The second-order valence-corrected chi connectivity index (χ2v) is 14.0. The van der Waals surface area contributed by atoms with Gasteiger partial charge >= 0.3 is 19.2 Å². The minimum absolute atomic E-state index is 0.000383. The lowest BCUT2D eigenvalue weighted by Gasteiger charge is -2.36. The van der Waals surface area contributed by atoms with Crippen LogP contribution in [0.1, 0.15) is 62.0 Å². The molecular formula is C33H39BClN5O8. The van der Waals surface area contributed by atoms with Gasteiger partial charge in [0.25, 0.3) is 0 Å². The lowest BCUT2D eigenvalue weighted by Crippen LogP contribution is -2.54. The molecule has 0 bridgehead atoms. The number of ketones is 1. The van der Waals surface area contributed by atoms with Crippen LogP contribution in [-0.4, -0.2) is 88.3 Å². The zero-order chi connectivity index (χ0) is 34.9. The number of carbonyl (C=O) groups excluding carboxylic acids is 3. The van der Waals surface area contributed by atoms with Crippen LogP contribution in [0.15, 0.2) is 53.6 Å². The van der Waals surface area contributed by atoms with Gasteiger partial charge in [0.2, 0.25) is 5.91 Å². The first-order chi connectivity index (χ1) is 22.7. The number of Topliss-reactive ketones (excluding diaryl/α,β-unsaturated/α-hetero) is 1. The Hall–Kier alpha value is -4.10. The Bertz CT molecular complexity index is 1620. The van der Waals surface area contributed by atoms with E-state index in [1.807, 2.05) is 27.7 Å². The SMILES string of the molecule is CC1(C)OB(CCC[C@H]2CN(C(=O)C3Cc4ccc(Cl)cc4CN3C(=O)O)C[C@@]2(N=[N+]=[N-])C(=O)OCC(=O)c2ccccc2)OC1(C)C. The van der Waals surface area contributed by atoms with Crippen molar-refractivity contribution in [1.82, 2.24) is 9.80 Å². The van der Waals surface area contributed by atoms with E-state index in [0.717, 1.165) is 10.5 Å². The van der Waals surface area contributed by atoms with Gasteiger partial charge in [0.15, 0.2) is 17.9 Å². The van der Waals surface area contributed by atoms with Crippen LogP contribution in [0.25, 0.3) is 10.4 Å². The molecule has 3 heterocycles. The van der Waals surface area contributed by atoms with Crippen LogP contribution in [0, 0.1) is 5.92 Å². The minimum Gasteiger partial charge on any atom is -0.465 e. The fraction of sp³-hybridized carbons (Fsp3) is 0.515. The molecular weight excluding hydrogens is 641 g/mol. The first-order valence-electron chi connectivity index (χ1n) is 15.9. The average molecular weight is 680 g/mol. The number of esters is 1. The van der Waals surface area contributed by atoms with Gasteiger partial charge in [0, 0.05) is 40.9 Å². The number of azide groups is 1. The van der Waals surface area contributed by atoms with Gasteiger partial charge in [-0.15, -0.1) is 0 Å². The first-order valence-corrected chi connectivity index (χ1v) is 16.3. The van der Waals surface area contributed by atoms with Crippen LogP contribution in [0.3, 0.4) is 0 Å². The molecule has 1 unspecified atom stereocenters. The fourth-order valence-corrected chi connectivity index (χ4v) is 6.82. The van der Waals surface area contributed by atoms with Crippen molar-refractivity contribution < 1.29 is 38.3 Å². The molecule has 0 aromatic heterocycles. The number of halogens is 1. The summed E-state index contributed by atoms with van der Waals surface area (Å²) in [5.74, 6) is -2.61. The molecule has 5 rings (SSSR count). The number of likely N-dealkylation sites (tertiary alicyclic amines) is 1.